The van der Waals surface area contributed by atoms with Gasteiger partial charge in [-0.15, -0.1) is 0 Å². The summed E-state index contributed by atoms with van der Waals surface area (Å²) in [7, 11) is 0. The Morgan fingerprint density at radius 3 is 2.27 bits per heavy atom. The highest BCUT2D eigenvalue weighted by Gasteiger charge is 2.69. The number of urea groups is 1. The van der Waals surface area contributed by atoms with Crippen LogP contribution in [0.2, 0.25) is 0 Å². The molecule has 0 aromatic carbocycles. The predicted molar refractivity (Wildman–Crippen MR) is 67.3 cm³/mol. The molecule has 1 heterocycles. The van der Waals surface area contributed by atoms with Crippen LogP contribution in [0.1, 0.15) is 38.5 Å². The summed E-state index contributed by atoms with van der Waals surface area (Å²) in [6.45, 7) is 0. The summed E-state index contributed by atoms with van der Waals surface area (Å²) in [5, 5.41) is 3.42. The van der Waals surface area contributed by atoms with Gasteiger partial charge in [-0.25, -0.2) is 4.79 Å². The molecular formula is C13H16F3N3O3. The molecule has 1 aliphatic heterocycles. The molecule has 0 spiro atoms. The van der Waals surface area contributed by atoms with E-state index in [0.717, 1.165) is 12.8 Å². The molecule has 2 aliphatic carbocycles. The fourth-order valence-corrected chi connectivity index (χ4v) is 3.02. The van der Waals surface area contributed by atoms with Gasteiger partial charge in [0.15, 0.2) is 0 Å². The largest absolute Gasteiger partial charge is 0.440 e. The van der Waals surface area contributed by atoms with Crippen LogP contribution in [0, 0.1) is 5.92 Å². The molecule has 2 N–H and O–H groups in total. The van der Waals surface area contributed by atoms with Crippen LogP contribution in [0.5, 0.6) is 0 Å². The molecule has 9 heteroatoms. The van der Waals surface area contributed by atoms with Gasteiger partial charge in [0.1, 0.15) is 0 Å². The number of imide groups is 1. The van der Waals surface area contributed by atoms with Gasteiger partial charge in [-0.1, -0.05) is 12.8 Å². The molecule has 0 radical (unpaired) electrons. The third-order valence-corrected chi connectivity index (χ3v) is 4.43. The highest BCUT2D eigenvalue weighted by molar-refractivity contribution is 6.09. The van der Waals surface area contributed by atoms with Crippen molar-refractivity contribution in [3.05, 3.63) is 0 Å². The fraction of sp³-hybridized carbons (Fsp3) is 0.769. The molecule has 0 unspecified atom stereocenters. The molecule has 0 aromatic heterocycles. The third kappa shape index (κ3) is 2.22. The maximum absolute atomic E-state index is 13.5. The van der Waals surface area contributed by atoms with Crippen LogP contribution in [-0.4, -0.2) is 40.6 Å². The van der Waals surface area contributed by atoms with E-state index in [4.69, 9.17) is 0 Å². The van der Waals surface area contributed by atoms with Crippen LogP contribution >= 0.6 is 0 Å². The summed E-state index contributed by atoms with van der Waals surface area (Å²) < 4.78 is 40.4. The molecule has 1 atom stereocenters. The average molecular weight is 319 g/mol. The zero-order valence-electron chi connectivity index (χ0n) is 11.7. The number of rotatable bonds is 3. The first-order valence-corrected chi connectivity index (χ1v) is 7.31. The van der Waals surface area contributed by atoms with Crippen molar-refractivity contribution in [2.45, 2.75) is 56.4 Å². The maximum Gasteiger partial charge on any atom is 0.440 e. The number of halogens is 3. The number of nitrogens with zero attached hydrogens (tertiary/aromatic N) is 1. The van der Waals surface area contributed by atoms with Gasteiger partial charge in [0.05, 0.1) is 0 Å². The van der Waals surface area contributed by atoms with E-state index >= 15 is 0 Å². The van der Waals surface area contributed by atoms with Gasteiger partial charge in [-0.3, -0.25) is 19.8 Å². The molecule has 3 aliphatic rings. The minimum Gasteiger partial charge on any atom is -0.318 e. The zero-order valence-corrected chi connectivity index (χ0v) is 11.7. The first kappa shape index (κ1) is 15.1. The summed E-state index contributed by atoms with van der Waals surface area (Å²) in [5.74, 6) is -2.78. The SMILES string of the molecule is O=C(N[C@@]1(C(F)(F)F)NC(=O)N(C2CCCC2)C1=O)C1CC1. The number of hydrogen-bond donors (Lipinski definition) is 2. The van der Waals surface area contributed by atoms with E-state index in [9.17, 15) is 27.6 Å². The Morgan fingerprint density at radius 1 is 1.18 bits per heavy atom. The van der Waals surface area contributed by atoms with E-state index in [-0.39, 0.29) is 0 Å². The van der Waals surface area contributed by atoms with E-state index < -0.39 is 41.6 Å². The second kappa shape index (κ2) is 4.85. The Balaban J connectivity index is 1.90. The van der Waals surface area contributed by atoms with Crippen molar-refractivity contribution in [3.63, 3.8) is 0 Å². The van der Waals surface area contributed by atoms with E-state index in [1.165, 1.54) is 0 Å². The van der Waals surface area contributed by atoms with Crippen molar-refractivity contribution < 1.29 is 27.6 Å². The van der Waals surface area contributed by atoms with Crippen LogP contribution in [0.15, 0.2) is 0 Å². The van der Waals surface area contributed by atoms with Gasteiger partial charge in [-0.05, 0) is 25.7 Å². The molecule has 3 fully saturated rings. The molecule has 3 rings (SSSR count). The van der Waals surface area contributed by atoms with Crippen LogP contribution in [0.25, 0.3) is 0 Å². The molecule has 4 amide bonds. The van der Waals surface area contributed by atoms with Crippen LogP contribution in [0.4, 0.5) is 18.0 Å². The van der Waals surface area contributed by atoms with Crippen molar-refractivity contribution in [2.24, 2.45) is 5.92 Å². The Labute approximate surface area is 124 Å². The number of nitrogens with one attached hydrogen (secondary N) is 2. The highest BCUT2D eigenvalue weighted by Crippen LogP contribution is 2.38. The zero-order chi connectivity index (χ0) is 16.1. The smallest absolute Gasteiger partial charge is 0.318 e. The van der Waals surface area contributed by atoms with Crippen molar-refractivity contribution in [1.82, 2.24) is 15.5 Å². The first-order valence-electron chi connectivity index (χ1n) is 7.31. The molecule has 0 aromatic rings. The van der Waals surface area contributed by atoms with Gasteiger partial charge < -0.3 is 5.32 Å². The number of amides is 4. The van der Waals surface area contributed by atoms with Crippen molar-refractivity contribution >= 4 is 17.8 Å². The summed E-state index contributed by atoms with van der Waals surface area (Å²) in [4.78, 5) is 36.7. The molecule has 6 nitrogen and oxygen atoms in total. The molecule has 0 bridgehead atoms. The summed E-state index contributed by atoms with van der Waals surface area (Å²) in [6.07, 6.45) is -1.61. The normalized spacial score (nSPS) is 29.9. The van der Waals surface area contributed by atoms with Crippen LogP contribution < -0.4 is 10.6 Å². The van der Waals surface area contributed by atoms with Gasteiger partial charge in [0.2, 0.25) is 5.91 Å². The third-order valence-electron chi connectivity index (χ3n) is 4.43. The van der Waals surface area contributed by atoms with Crippen molar-refractivity contribution in [3.8, 4) is 0 Å². The average Bonchev–Trinajstić information content (AvgIpc) is 3.08. The Kier molecular flexibility index (Phi) is 3.33. The Bertz CT molecular complexity index is 526. The van der Waals surface area contributed by atoms with Gasteiger partial charge in [-0.2, -0.15) is 13.2 Å². The fourth-order valence-electron chi connectivity index (χ4n) is 3.02. The van der Waals surface area contributed by atoms with E-state index in [1.54, 1.807) is 10.6 Å². The molecule has 1 saturated heterocycles. The maximum atomic E-state index is 13.5. The lowest BCUT2D eigenvalue weighted by Gasteiger charge is -2.30. The van der Waals surface area contributed by atoms with E-state index in [2.05, 4.69) is 0 Å². The molecule has 2 saturated carbocycles. The Hall–Kier alpha value is -1.80. The lowest BCUT2D eigenvalue weighted by Crippen LogP contribution is -2.69. The number of alkyl halides is 3. The number of hydrogen-bond acceptors (Lipinski definition) is 3. The van der Waals surface area contributed by atoms with E-state index in [0.29, 0.717) is 30.6 Å². The summed E-state index contributed by atoms with van der Waals surface area (Å²) in [6, 6.07) is -1.63. The standard InChI is InChI=1S/C13H16F3N3O3/c14-13(15,16)12(17-9(20)7-5-6-7)10(21)19(11(22)18-12)8-3-1-2-4-8/h7-8H,1-6H2,(H,17,20)(H,18,22)/t12-/m1/s1. The number of carbonyl (C=O) groups excluding carboxylic acids is 3. The minimum atomic E-state index is -5.10. The van der Waals surface area contributed by atoms with Crippen molar-refractivity contribution in [1.29, 1.82) is 0 Å². The van der Waals surface area contributed by atoms with Gasteiger partial charge >= 0.3 is 12.2 Å². The lowest BCUT2D eigenvalue weighted by atomic mass is 10.1. The van der Waals surface area contributed by atoms with Crippen LogP contribution in [0.3, 0.4) is 0 Å². The minimum absolute atomic E-state index is 0.490. The van der Waals surface area contributed by atoms with Gasteiger partial charge in [0.25, 0.3) is 11.6 Å². The quantitative estimate of drug-likeness (QED) is 0.769. The first-order chi connectivity index (χ1) is 10.3. The van der Waals surface area contributed by atoms with E-state index in [1.807, 2.05) is 0 Å². The second-order valence-electron chi connectivity index (χ2n) is 6.05. The molecular weight excluding hydrogens is 303 g/mol. The second-order valence-corrected chi connectivity index (χ2v) is 6.05. The molecule has 122 valence electrons. The van der Waals surface area contributed by atoms with Crippen LogP contribution in [-0.2, 0) is 9.59 Å². The highest BCUT2D eigenvalue weighted by atomic mass is 19.4. The van der Waals surface area contributed by atoms with Crippen molar-refractivity contribution in [2.75, 3.05) is 0 Å². The Morgan fingerprint density at radius 2 is 1.77 bits per heavy atom. The lowest BCUT2D eigenvalue weighted by molar-refractivity contribution is -0.204. The summed E-state index contributed by atoms with van der Waals surface area (Å²) in [5.41, 5.74) is -3.33. The topological polar surface area (TPSA) is 78.5 Å². The summed E-state index contributed by atoms with van der Waals surface area (Å²) >= 11 is 0. The molecule has 22 heavy (non-hydrogen) atoms. The van der Waals surface area contributed by atoms with Gasteiger partial charge in [0, 0.05) is 12.0 Å². The predicted octanol–water partition coefficient (Wildman–Crippen LogP) is 1.27. The number of carbonyl (C=O) groups is 3. The monoisotopic (exact) mass is 319 g/mol.